The molecule has 5 atom stereocenters. The molecule has 2 aromatic rings. The van der Waals surface area contributed by atoms with E-state index in [2.05, 4.69) is 29.0 Å². The molecule has 1 aromatic carbocycles. The number of nitrogens with one attached hydrogen (secondary N) is 1. The monoisotopic (exact) mass is 504 g/mol. The molecule has 1 saturated carbocycles. The molecule has 0 spiro atoms. The van der Waals surface area contributed by atoms with Crippen LogP contribution < -0.4 is 10.7 Å². The minimum absolute atomic E-state index is 0.107. The molecule has 3 heterocycles. The van der Waals surface area contributed by atoms with E-state index in [0.29, 0.717) is 18.4 Å². The topological polar surface area (TPSA) is 101 Å². The first-order valence-corrected chi connectivity index (χ1v) is 12.7. The molecule has 1 saturated heterocycles. The molecule has 3 unspecified atom stereocenters. The number of hydrogen-bond donors (Lipinski definition) is 4. The predicted molar refractivity (Wildman–Crippen MR) is 129 cm³/mol. The highest BCUT2D eigenvalue weighted by atomic mass is 19.1. The fourth-order valence-corrected chi connectivity index (χ4v) is 6.27. The van der Waals surface area contributed by atoms with Crippen LogP contribution in [0.15, 0.2) is 29.2 Å². The molecular weight excluding hydrogens is 470 g/mol. The van der Waals surface area contributed by atoms with Gasteiger partial charge in [-0.1, -0.05) is 26.3 Å². The van der Waals surface area contributed by atoms with Crippen molar-refractivity contribution >= 4 is 0 Å². The summed E-state index contributed by atoms with van der Waals surface area (Å²) in [6.07, 6.45) is 1.86. The number of halogens is 2. The molecule has 3 aliphatic rings. The SMILES string of the molecule is CC(C)CN1CC2CCC[C@@H]2N2C(O)c3c(O)c(=O)c(C(O)NCc4ccc(F)cc4F)cn3C[C@@H]12. The smallest absolute Gasteiger partial charge is 0.230 e. The van der Waals surface area contributed by atoms with Gasteiger partial charge in [-0.05, 0) is 30.7 Å². The summed E-state index contributed by atoms with van der Waals surface area (Å²) >= 11 is 0. The second-order valence-corrected chi connectivity index (χ2v) is 10.7. The number of fused-ring (bicyclic) bond motifs is 4. The van der Waals surface area contributed by atoms with E-state index in [9.17, 15) is 28.9 Å². The Labute approximate surface area is 208 Å². The Morgan fingerprint density at radius 2 is 1.97 bits per heavy atom. The van der Waals surface area contributed by atoms with Crippen LogP contribution in [0, 0.1) is 23.5 Å². The van der Waals surface area contributed by atoms with Crippen LogP contribution in [0.25, 0.3) is 0 Å². The number of rotatable bonds is 6. The van der Waals surface area contributed by atoms with Crippen LogP contribution in [0.2, 0.25) is 0 Å². The number of hydrogen-bond acceptors (Lipinski definition) is 7. The molecule has 1 aliphatic carbocycles. The summed E-state index contributed by atoms with van der Waals surface area (Å²) in [5, 5.41) is 35.7. The summed E-state index contributed by atoms with van der Waals surface area (Å²) < 4.78 is 28.8. The first-order chi connectivity index (χ1) is 17.2. The van der Waals surface area contributed by atoms with E-state index in [1.54, 1.807) is 4.57 Å². The van der Waals surface area contributed by atoms with E-state index < -0.39 is 35.3 Å². The largest absolute Gasteiger partial charge is 0.503 e. The lowest BCUT2D eigenvalue weighted by atomic mass is 9.93. The molecule has 5 rings (SSSR count). The molecule has 8 nitrogen and oxygen atoms in total. The Morgan fingerprint density at radius 3 is 2.69 bits per heavy atom. The number of aromatic hydroxyl groups is 1. The van der Waals surface area contributed by atoms with Crippen LogP contribution >= 0.6 is 0 Å². The summed E-state index contributed by atoms with van der Waals surface area (Å²) in [6, 6.07) is 3.31. The van der Waals surface area contributed by atoms with Crippen molar-refractivity contribution in [1.82, 2.24) is 19.7 Å². The number of benzene rings is 1. The van der Waals surface area contributed by atoms with E-state index >= 15 is 0 Å². The number of pyridine rings is 1. The Morgan fingerprint density at radius 1 is 1.19 bits per heavy atom. The van der Waals surface area contributed by atoms with Gasteiger partial charge in [0.2, 0.25) is 5.43 Å². The normalized spacial score (nSPS) is 27.1. The van der Waals surface area contributed by atoms with Gasteiger partial charge in [0, 0.05) is 43.5 Å². The summed E-state index contributed by atoms with van der Waals surface area (Å²) in [6.45, 7) is 6.38. The molecule has 2 aliphatic heterocycles. The third kappa shape index (κ3) is 4.45. The van der Waals surface area contributed by atoms with Crippen molar-refractivity contribution in [3.05, 3.63) is 63.1 Å². The van der Waals surface area contributed by atoms with Gasteiger partial charge >= 0.3 is 0 Å². The van der Waals surface area contributed by atoms with Gasteiger partial charge in [0.25, 0.3) is 0 Å². The minimum atomic E-state index is -1.50. The molecule has 0 bridgehead atoms. The first-order valence-electron chi connectivity index (χ1n) is 12.7. The third-order valence-corrected chi connectivity index (χ3v) is 7.84. The van der Waals surface area contributed by atoms with Gasteiger partial charge in [0.1, 0.15) is 23.6 Å². The zero-order valence-electron chi connectivity index (χ0n) is 20.6. The predicted octanol–water partition coefficient (Wildman–Crippen LogP) is 2.39. The van der Waals surface area contributed by atoms with E-state index in [1.165, 1.54) is 12.3 Å². The van der Waals surface area contributed by atoms with Crippen LogP contribution in [0.5, 0.6) is 5.75 Å². The third-order valence-electron chi connectivity index (χ3n) is 7.84. The van der Waals surface area contributed by atoms with Crippen molar-refractivity contribution in [2.24, 2.45) is 11.8 Å². The average Bonchev–Trinajstić information content (AvgIpc) is 3.28. The molecule has 0 amide bonds. The lowest BCUT2D eigenvalue weighted by Crippen LogP contribution is -2.65. The lowest BCUT2D eigenvalue weighted by molar-refractivity contribution is -0.168. The first kappa shape index (κ1) is 25.3. The Balaban J connectivity index is 1.45. The van der Waals surface area contributed by atoms with Gasteiger partial charge in [-0.2, -0.15) is 0 Å². The average molecular weight is 505 g/mol. The molecule has 4 N–H and O–H groups in total. The highest BCUT2D eigenvalue weighted by Crippen LogP contribution is 2.44. The van der Waals surface area contributed by atoms with Gasteiger partial charge in [-0.3, -0.25) is 19.9 Å². The molecule has 1 aromatic heterocycles. The van der Waals surface area contributed by atoms with Crippen LogP contribution in [0.3, 0.4) is 0 Å². The maximum absolute atomic E-state index is 14.0. The van der Waals surface area contributed by atoms with Gasteiger partial charge in [0.15, 0.2) is 12.0 Å². The zero-order chi connectivity index (χ0) is 25.7. The number of aliphatic hydroxyl groups excluding tert-OH is 2. The number of nitrogens with zero attached hydrogens (tertiary/aromatic N) is 3. The fourth-order valence-electron chi connectivity index (χ4n) is 6.27. The second-order valence-electron chi connectivity index (χ2n) is 10.7. The molecule has 2 fully saturated rings. The van der Waals surface area contributed by atoms with Gasteiger partial charge in [-0.25, -0.2) is 8.78 Å². The summed E-state index contributed by atoms with van der Waals surface area (Å²) in [5.41, 5.74) is -0.642. The summed E-state index contributed by atoms with van der Waals surface area (Å²) in [7, 11) is 0. The fraction of sp³-hybridized carbons (Fsp3) is 0.577. The van der Waals surface area contributed by atoms with Crippen molar-refractivity contribution in [1.29, 1.82) is 0 Å². The Kier molecular flexibility index (Phi) is 6.90. The van der Waals surface area contributed by atoms with E-state index in [-0.39, 0.29) is 35.6 Å². The summed E-state index contributed by atoms with van der Waals surface area (Å²) in [5.74, 6) is -1.20. The lowest BCUT2D eigenvalue weighted by Gasteiger charge is -2.55. The molecular formula is C26H34F2N4O4. The van der Waals surface area contributed by atoms with Crippen LogP contribution in [0.1, 0.15) is 62.4 Å². The maximum Gasteiger partial charge on any atom is 0.230 e. The van der Waals surface area contributed by atoms with Crippen molar-refractivity contribution in [2.75, 3.05) is 13.1 Å². The zero-order valence-corrected chi connectivity index (χ0v) is 20.6. The molecule has 196 valence electrons. The molecule has 10 heteroatoms. The highest BCUT2D eigenvalue weighted by molar-refractivity contribution is 5.35. The minimum Gasteiger partial charge on any atom is -0.503 e. The highest BCUT2D eigenvalue weighted by Gasteiger charge is 2.50. The Bertz CT molecular complexity index is 1190. The van der Waals surface area contributed by atoms with Crippen molar-refractivity contribution < 1.29 is 24.1 Å². The maximum atomic E-state index is 14.0. The van der Waals surface area contributed by atoms with Gasteiger partial charge in [-0.15, -0.1) is 0 Å². The number of aliphatic hydroxyl groups is 2. The van der Waals surface area contributed by atoms with Crippen molar-refractivity contribution in [3.63, 3.8) is 0 Å². The van der Waals surface area contributed by atoms with Crippen LogP contribution in [-0.4, -0.2) is 55.0 Å². The Hall–Kier alpha value is -2.37. The number of aromatic nitrogens is 1. The molecule has 0 radical (unpaired) electrons. The van der Waals surface area contributed by atoms with E-state index in [1.807, 2.05) is 0 Å². The van der Waals surface area contributed by atoms with Crippen molar-refractivity contribution in [3.8, 4) is 5.75 Å². The van der Waals surface area contributed by atoms with Crippen LogP contribution in [0.4, 0.5) is 8.78 Å². The van der Waals surface area contributed by atoms with Gasteiger partial charge in [0.05, 0.1) is 18.3 Å². The molecule has 36 heavy (non-hydrogen) atoms. The van der Waals surface area contributed by atoms with Crippen LogP contribution in [-0.2, 0) is 13.1 Å². The second kappa shape index (κ2) is 9.83. The van der Waals surface area contributed by atoms with E-state index in [0.717, 1.165) is 44.5 Å². The van der Waals surface area contributed by atoms with E-state index in [4.69, 9.17) is 0 Å². The van der Waals surface area contributed by atoms with Gasteiger partial charge < -0.3 is 19.9 Å². The quantitative estimate of drug-likeness (QED) is 0.448. The summed E-state index contributed by atoms with van der Waals surface area (Å²) in [4.78, 5) is 17.5. The van der Waals surface area contributed by atoms with Crippen molar-refractivity contribution in [2.45, 2.75) is 70.9 Å². The standard InChI is InChI=1S/C26H34F2N4O4/c1-14(2)10-30-11-16-4-3-5-20(16)32-21(30)13-31-12-18(23(33)24(34)22(31)26(32)36)25(35)29-9-15-6-7-17(27)8-19(15)28/h6-8,12,14,16,20-21,25-26,29,34-36H,3-5,9-11,13H2,1-2H3/t16?,20-,21-,25?,26?/m0/s1.